The summed E-state index contributed by atoms with van der Waals surface area (Å²) in [5, 5.41) is 43.0. The minimum Gasteiger partial charge on any atom is -0.481 e. The summed E-state index contributed by atoms with van der Waals surface area (Å²) in [5.74, 6) is -5.72. The van der Waals surface area contributed by atoms with E-state index in [4.69, 9.17) is 15.9 Å². The summed E-state index contributed by atoms with van der Waals surface area (Å²) >= 11 is 3.83. The minimum atomic E-state index is -1.64. The van der Waals surface area contributed by atoms with Crippen LogP contribution in [0, 0.1) is 0 Å². The van der Waals surface area contributed by atoms with E-state index in [9.17, 15) is 34.2 Å². The number of aliphatic carboxylic acids is 2. The Kier molecular flexibility index (Phi) is 11.8. The van der Waals surface area contributed by atoms with Crippen LogP contribution in [0.1, 0.15) is 19.8 Å². The van der Waals surface area contributed by atoms with Crippen LogP contribution in [0.2, 0.25) is 0 Å². The zero-order valence-electron chi connectivity index (χ0n) is 15.6. The summed E-state index contributed by atoms with van der Waals surface area (Å²) in [4.78, 5) is 58.0. The molecule has 0 bridgehead atoms. The van der Waals surface area contributed by atoms with Crippen LogP contribution in [0.15, 0.2) is 0 Å². The molecule has 0 saturated heterocycles. The van der Waals surface area contributed by atoms with Crippen molar-refractivity contribution in [1.29, 1.82) is 0 Å². The van der Waals surface area contributed by atoms with E-state index in [0.29, 0.717) is 0 Å². The van der Waals surface area contributed by atoms with Gasteiger partial charge in [-0.05, 0) is 13.3 Å². The van der Waals surface area contributed by atoms with Gasteiger partial charge >= 0.3 is 11.9 Å². The van der Waals surface area contributed by atoms with Gasteiger partial charge in [-0.3, -0.25) is 19.2 Å². The van der Waals surface area contributed by atoms with Crippen molar-refractivity contribution in [3.63, 3.8) is 0 Å². The molecule has 0 aromatic heterocycles. The van der Waals surface area contributed by atoms with Crippen molar-refractivity contribution in [3.05, 3.63) is 0 Å². The fourth-order valence-corrected chi connectivity index (χ4v) is 2.17. The van der Waals surface area contributed by atoms with Crippen molar-refractivity contribution in [2.24, 2.45) is 5.73 Å². The van der Waals surface area contributed by atoms with Gasteiger partial charge in [0, 0.05) is 12.2 Å². The topological polar surface area (TPSA) is 228 Å². The van der Waals surface area contributed by atoms with Gasteiger partial charge < -0.3 is 42.1 Å². The Morgan fingerprint density at radius 1 is 0.966 bits per heavy atom. The molecule has 3 amide bonds. The highest BCUT2D eigenvalue weighted by Gasteiger charge is 2.32. The monoisotopic (exact) mass is 438 g/mol. The van der Waals surface area contributed by atoms with Crippen molar-refractivity contribution >= 4 is 42.3 Å². The van der Waals surface area contributed by atoms with Crippen molar-refractivity contribution in [2.45, 2.75) is 50.0 Å². The highest BCUT2D eigenvalue weighted by molar-refractivity contribution is 7.80. The maximum Gasteiger partial charge on any atom is 0.326 e. The van der Waals surface area contributed by atoms with E-state index in [1.807, 2.05) is 5.32 Å². The molecule has 0 saturated carbocycles. The summed E-state index contributed by atoms with van der Waals surface area (Å²) in [7, 11) is 0. The molecule has 0 radical (unpaired) electrons. The molecule has 0 fully saturated rings. The van der Waals surface area contributed by atoms with Crippen molar-refractivity contribution in [3.8, 4) is 0 Å². The van der Waals surface area contributed by atoms with Gasteiger partial charge in [0.2, 0.25) is 17.7 Å². The average Bonchev–Trinajstić information content (AvgIpc) is 2.65. The second-order valence-electron chi connectivity index (χ2n) is 6.09. The fourth-order valence-electron chi connectivity index (χ4n) is 2.00. The van der Waals surface area contributed by atoms with E-state index in [2.05, 4.69) is 23.3 Å². The molecule has 0 heterocycles. The number of thiol groups is 1. The number of carboxylic acid groups (broad SMARTS) is 2. The van der Waals surface area contributed by atoms with Crippen LogP contribution in [-0.2, 0) is 24.0 Å². The van der Waals surface area contributed by atoms with E-state index in [1.165, 1.54) is 0 Å². The van der Waals surface area contributed by atoms with Crippen molar-refractivity contribution in [1.82, 2.24) is 16.0 Å². The summed E-state index contributed by atoms with van der Waals surface area (Å²) < 4.78 is 0. The number of carbonyl (C=O) groups is 5. The molecule has 166 valence electrons. The molecule has 29 heavy (non-hydrogen) atoms. The molecule has 0 spiro atoms. The summed E-state index contributed by atoms with van der Waals surface area (Å²) in [6.45, 7) is 0.294. The molecule has 13 nitrogen and oxygen atoms in total. The molecule has 0 rings (SSSR count). The number of carbonyl (C=O) groups excluding carboxylic acids is 3. The molecule has 0 aromatic carbocycles. The number of aliphatic hydroxyl groups excluding tert-OH is 2. The van der Waals surface area contributed by atoms with Crippen LogP contribution in [0.4, 0.5) is 0 Å². The first-order valence-corrected chi connectivity index (χ1v) is 9.08. The van der Waals surface area contributed by atoms with Crippen LogP contribution in [-0.4, -0.2) is 92.7 Å². The van der Waals surface area contributed by atoms with E-state index in [-0.39, 0.29) is 5.75 Å². The van der Waals surface area contributed by atoms with Crippen LogP contribution in [0.5, 0.6) is 0 Å². The standard InChI is InChI=1S/C15H26N4O9S/c1-6(21)11(14(26)17-8(15(27)28)2-3-10(22)23)19-13(25)9(4-20)18-12(24)7(16)5-29/h6-9,11,20-21,29H,2-5,16H2,1H3,(H,17,26)(H,18,24)(H,19,25)(H,22,23)(H,27,28). The van der Waals surface area contributed by atoms with Crippen LogP contribution >= 0.6 is 12.6 Å². The number of hydrogen-bond acceptors (Lipinski definition) is 9. The maximum absolute atomic E-state index is 12.3. The normalized spacial score (nSPS) is 15.9. The third-order valence-electron chi connectivity index (χ3n) is 3.67. The number of carboxylic acids is 2. The van der Waals surface area contributed by atoms with Crippen LogP contribution in [0.3, 0.4) is 0 Å². The first-order valence-electron chi connectivity index (χ1n) is 8.45. The van der Waals surface area contributed by atoms with Gasteiger partial charge in [-0.15, -0.1) is 0 Å². The lowest BCUT2D eigenvalue weighted by molar-refractivity contribution is -0.144. The van der Waals surface area contributed by atoms with Crippen molar-refractivity contribution < 1.29 is 44.4 Å². The highest BCUT2D eigenvalue weighted by atomic mass is 32.1. The highest BCUT2D eigenvalue weighted by Crippen LogP contribution is 2.02. The summed E-state index contributed by atoms with van der Waals surface area (Å²) in [6.07, 6.45) is -2.44. The molecule has 9 N–H and O–H groups in total. The summed E-state index contributed by atoms with van der Waals surface area (Å²) in [6, 6.07) is -5.76. The molecule has 5 atom stereocenters. The number of amides is 3. The predicted molar refractivity (Wildman–Crippen MR) is 101 cm³/mol. The first-order chi connectivity index (χ1) is 13.4. The lowest BCUT2D eigenvalue weighted by Crippen LogP contribution is -2.60. The van der Waals surface area contributed by atoms with Gasteiger partial charge in [0.05, 0.1) is 18.8 Å². The average molecular weight is 438 g/mol. The number of nitrogens with one attached hydrogen (secondary N) is 3. The Balaban J connectivity index is 5.16. The second kappa shape index (κ2) is 12.9. The van der Waals surface area contributed by atoms with Crippen LogP contribution in [0.25, 0.3) is 0 Å². The zero-order chi connectivity index (χ0) is 22.7. The Morgan fingerprint density at radius 2 is 1.52 bits per heavy atom. The number of nitrogens with two attached hydrogens (primary N) is 1. The molecule has 14 heteroatoms. The SMILES string of the molecule is CC(O)C(NC(=O)C(CO)NC(=O)C(N)CS)C(=O)NC(CCC(=O)O)C(=O)O. The van der Waals surface area contributed by atoms with Gasteiger partial charge in [0.15, 0.2) is 0 Å². The van der Waals surface area contributed by atoms with Crippen LogP contribution < -0.4 is 21.7 Å². The molecule has 0 aromatic rings. The molecule has 0 aliphatic heterocycles. The van der Waals surface area contributed by atoms with Gasteiger partial charge in [0.1, 0.15) is 18.1 Å². The Morgan fingerprint density at radius 3 is 1.93 bits per heavy atom. The van der Waals surface area contributed by atoms with Crippen molar-refractivity contribution in [2.75, 3.05) is 12.4 Å². The van der Waals surface area contributed by atoms with E-state index < -0.39 is 79.4 Å². The predicted octanol–water partition coefficient (Wildman–Crippen LogP) is -3.98. The number of rotatable bonds is 13. The van der Waals surface area contributed by atoms with E-state index in [1.54, 1.807) is 0 Å². The second-order valence-corrected chi connectivity index (χ2v) is 6.46. The Hall–Kier alpha value is -2.42. The zero-order valence-corrected chi connectivity index (χ0v) is 16.5. The number of hydrogen-bond donors (Lipinski definition) is 9. The first kappa shape index (κ1) is 26.6. The lowest BCUT2D eigenvalue weighted by Gasteiger charge is -2.25. The smallest absolute Gasteiger partial charge is 0.326 e. The quantitative estimate of drug-likeness (QED) is 0.127. The Labute approximate surface area is 171 Å². The number of aliphatic hydroxyl groups is 2. The van der Waals surface area contributed by atoms with Gasteiger partial charge in [-0.1, -0.05) is 0 Å². The molecule has 0 aliphatic carbocycles. The van der Waals surface area contributed by atoms with E-state index >= 15 is 0 Å². The molecule has 5 unspecified atom stereocenters. The lowest BCUT2D eigenvalue weighted by atomic mass is 10.1. The van der Waals surface area contributed by atoms with E-state index in [0.717, 1.165) is 6.92 Å². The molecular weight excluding hydrogens is 412 g/mol. The molecular formula is C15H26N4O9S. The summed E-state index contributed by atoms with van der Waals surface area (Å²) in [5.41, 5.74) is 5.45. The largest absolute Gasteiger partial charge is 0.481 e. The van der Waals surface area contributed by atoms with Gasteiger partial charge in [-0.25, -0.2) is 4.79 Å². The minimum absolute atomic E-state index is 0.0305. The maximum atomic E-state index is 12.3. The third kappa shape index (κ3) is 9.56. The fraction of sp³-hybridized carbons (Fsp3) is 0.667. The third-order valence-corrected chi connectivity index (χ3v) is 4.07. The van der Waals surface area contributed by atoms with Gasteiger partial charge in [0.25, 0.3) is 0 Å². The Bertz CT molecular complexity index is 617. The van der Waals surface area contributed by atoms with Gasteiger partial charge in [-0.2, -0.15) is 12.6 Å². The molecule has 0 aliphatic rings.